The number of anilines is 2. The van der Waals surface area contributed by atoms with Crippen molar-refractivity contribution in [3.8, 4) is 0 Å². The van der Waals surface area contributed by atoms with E-state index in [2.05, 4.69) is 9.80 Å². The maximum Gasteiger partial charge on any atom is 0.253 e. The summed E-state index contributed by atoms with van der Waals surface area (Å²) >= 11 is 0. The number of rotatable bonds is 4. The van der Waals surface area contributed by atoms with Crippen molar-refractivity contribution in [2.24, 2.45) is 0 Å². The second-order valence-corrected chi connectivity index (χ2v) is 9.22. The first-order valence-electron chi connectivity index (χ1n) is 12.0. The smallest absolute Gasteiger partial charge is 0.253 e. The average molecular weight is 451 g/mol. The van der Waals surface area contributed by atoms with Crippen LogP contribution in [0.3, 0.4) is 0 Å². The molecule has 3 fully saturated rings. The van der Waals surface area contributed by atoms with Gasteiger partial charge in [-0.25, -0.2) is 4.39 Å². The van der Waals surface area contributed by atoms with E-state index in [4.69, 9.17) is 0 Å². The van der Waals surface area contributed by atoms with Crippen molar-refractivity contribution in [2.75, 3.05) is 55.6 Å². The van der Waals surface area contributed by atoms with Gasteiger partial charge in [-0.15, -0.1) is 0 Å². The second kappa shape index (κ2) is 9.51. The molecule has 0 bridgehead atoms. The highest BCUT2D eigenvalue weighted by Gasteiger charge is 2.31. The number of benzene rings is 2. The number of piperidine rings is 1. The molecule has 1 atom stereocenters. The Bertz CT molecular complexity index is 1000. The Hall–Kier alpha value is -2.93. The lowest BCUT2D eigenvalue weighted by Crippen LogP contribution is -2.56. The number of hydrogen-bond acceptors (Lipinski definition) is 4. The zero-order chi connectivity index (χ0) is 22.8. The third-order valence-electron chi connectivity index (χ3n) is 7.21. The molecule has 3 heterocycles. The SMILES string of the molecule is O=C(c1ccc(N2CCCC2=O)cc1)N1CCC[C@H](N2CCN(c3ccccc3F)CC2)C1. The summed E-state index contributed by atoms with van der Waals surface area (Å²) in [5.41, 5.74) is 2.23. The monoisotopic (exact) mass is 450 g/mol. The number of piperazine rings is 1. The summed E-state index contributed by atoms with van der Waals surface area (Å²) in [6.07, 6.45) is 3.57. The van der Waals surface area contributed by atoms with Crippen LogP contribution in [0.25, 0.3) is 0 Å². The molecule has 5 rings (SSSR count). The summed E-state index contributed by atoms with van der Waals surface area (Å²) in [6, 6.07) is 14.8. The van der Waals surface area contributed by atoms with Gasteiger partial charge in [-0.1, -0.05) is 12.1 Å². The van der Waals surface area contributed by atoms with E-state index in [9.17, 15) is 14.0 Å². The molecule has 2 aromatic rings. The molecule has 0 saturated carbocycles. The number of amides is 2. The maximum absolute atomic E-state index is 14.1. The molecule has 174 valence electrons. The van der Waals surface area contributed by atoms with Gasteiger partial charge >= 0.3 is 0 Å². The molecule has 3 aliphatic rings. The molecule has 3 saturated heterocycles. The highest BCUT2D eigenvalue weighted by Crippen LogP contribution is 2.25. The maximum atomic E-state index is 14.1. The fourth-order valence-electron chi connectivity index (χ4n) is 5.36. The molecule has 0 spiro atoms. The summed E-state index contributed by atoms with van der Waals surface area (Å²) in [6.45, 7) is 5.59. The Morgan fingerprint density at radius 1 is 0.879 bits per heavy atom. The molecule has 6 nitrogen and oxygen atoms in total. The minimum Gasteiger partial charge on any atom is -0.367 e. The van der Waals surface area contributed by atoms with E-state index in [1.54, 1.807) is 11.0 Å². The normalized spacial score (nSPS) is 22.2. The van der Waals surface area contributed by atoms with E-state index in [1.165, 1.54) is 6.07 Å². The van der Waals surface area contributed by atoms with Gasteiger partial charge in [0.25, 0.3) is 5.91 Å². The molecule has 0 radical (unpaired) electrons. The van der Waals surface area contributed by atoms with Gasteiger partial charge in [0.2, 0.25) is 5.91 Å². The lowest BCUT2D eigenvalue weighted by Gasteiger charge is -2.44. The van der Waals surface area contributed by atoms with Crippen LogP contribution in [0.5, 0.6) is 0 Å². The Labute approximate surface area is 194 Å². The number of carbonyl (C=O) groups excluding carboxylic acids is 2. The van der Waals surface area contributed by atoms with Crippen molar-refractivity contribution in [2.45, 2.75) is 31.7 Å². The molecular weight excluding hydrogens is 419 g/mol. The van der Waals surface area contributed by atoms with Crippen molar-refractivity contribution in [3.05, 3.63) is 59.9 Å². The quantitative estimate of drug-likeness (QED) is 0.717. The number of para-hydroxylation sites is 1. The molecule has 7 heteroatoms. The third-order valence-corrected chi connectivity index (χ3v) is 7.21. The molecule has 0 unspecified atom stereocenters. The zero-order valence-electron chi connectivity index (χ0n) is 19.0. The van der Waals surface area contributed by atoms with E-state index in [0.717, 1.165) is 70.8 Å². The standard InChI is InChI=1S/C26H31FN4O2/c27-23-6-1-2-7-24(23)29-17-15-28(16-18-29)22-5-3-13-30(19-22)26(33)20-9-11-21(12-10-20)31-14-4-8-25(31)32/h1-2,6-7,9-12,22H,3-5,8,13-19H2/t22-/m0/s1. The third kappa shape index (κ3) is 4.60. The van der Waals surface area contributed by atoms with Crippen molar-refractivity contribution in [3.63, 3.8) is 0 Å². The minimum absolute atomic E-state index is 0.0593. The molecule has 2 amide bonds. The molecule has 0 N–H and O–H groups in total. The van der Waals surface area contributed by atoms with Gasteiger partial charge in [-0.3, -0.25) is 14.5 Å². The number of carbonyl (C=O) groups is 2. The van der Waals surface area contributed by atoms with Crippen LogP contribution in [0, 0.1) is 5.82 Å². The lowest BCUT2D eigenvalue weighted by atomic mass is 10.0. The van der Waals surface area contributed by atoms with Crippen LogP contribution in [-0.4, -0.2) is 73.5 Å². The van der Waals surface area contributed by atoms with Crippen molar-refractivity contribution in [1.29, 1.82) is 0 Å². The van der Waals surface area contributed by atoms with Crippen LogP contribution >= 0.6 is 0 Å². The predicted molar refractivity (Wildman–Crippen MR) is 127 cm³/mol. The topological polar surface area (TPSA) is 47.1 Å². The minimum atomic E-state index is -0.166. The first-order chi connectivity index (χ1) is 16.1. The number of nitrogens with zero attached hydrogens (tertiary/aromatic N) is 4. The van der Waals surface area contributed by atoms with E-state index < -0.39 is 0 Å². The fraction of sp³-hybridized carbons (Fsp3) is 0.462. The average Bonchev–Trinajstić information content (AvgIpc) is 3.30. The van der Waals surface area contributed by atoms with E-state index >= 15 is 0 Å². The van der Waals surface area contributed by atoms with E-state index in [1.807, 2.05) is 41.3 Å². The second-order valence-electron chi connectivity index (χ2n) is 9.22. The first-order valence-corrected chi connectivity index (χ1v) is 12.0. The molecular formula is C26H31FN4O2. The van der Waals surface area contributed by atoms with Gasteiger partial charge < -0.3 is 14.7 Å². The van der Waals surface area contributed by atoms with Crippen LogP contribution in [0.2, 0.25) is 0 Å². The van der Waals surface area contributed by atoms with Gasteiger partial charge in [-0.2, -0.15) is 0 Å². The largest absolute Gasteiger partial charge is 0.367 e. The summed E-state index contributed by atoms with van der Waals surface area (Å²) < 4.78 is 14.1. The van der Waals surface area contributed by atoms with Crippen LogP contribution in [0.4, 0.5) is 15.8 Å². The van der Waals surface area contributed by atoms with Crippen LogP contribution < -0.4 is 9.80 Å². The predicted octanol–water partition coefficient (Wildman–Crippen LogP) is 3.38. The summed E-state index contributed by atoms with van der Waals surface area (Å²) in [4.78, 5) is 33.5. The molecule has 3 aliphatic heterocycles. The summed E-state index contributed by atoms with van der Waals surface area (Å²) in [7, 11) is 0. The van der Waals surface area contributed by atoms with E-state index in [-0.39, 0.29) is 17.6 Å². The Kier molecular flexibility index (Phi) is 6.31. The van der Waals surface area contributed by atoms with Gasteiger partial charge in [0.05, 0.1) is 5.69 Å². The summed E-state index contributed by atoms with van der Waals surface area (Å²) in [5.74, 6) is 0.0487. The zero-order valence-corrected chi connectivity index (χ0v) is 19.0. The Morgan fingerprint density at radius 3 is 2.33 bits per heavy atom. The van der Waals surface area contributed by atoms with Crippen molar-refractivity contribution >= 4 is 23.2 Å². The number of hydrogen-bond donors (Lipinski definition) is 0. The number of halogens is 1. The van der Waals surface area contributed by atoms with Crippen LogP contribution in [-0.2, 0) is 4.79 Å². The fourth-order valence-corrected chi connectivity index (χ4v) is 5.36. The van der Waals surface area contributed by atoms with E-state index in [0.29, 0.717) is 23.7 Å². The van der Waals surface area contributed by atoms with Crippen molar-refractivity contribution < 1.29 is 14.0 Å². The highest BCUT2D eigenvalue weighted by atomic mass is 19.1. The summed E-state index contributed by atoms with van der Waals surface area (Å²) in [5, 5.41) is 0. The van der Waals surface area contributed by atoms with Crippen LogP contribution in [0.1, 0.15) is 36.0 Å². The first kappa shape index (κ1) is 21.9. The molecule has 0 aromatic heterocycles. The van der Waals surface area contributed by atoms with Crippen molar-refractivity contribution in [1.82, 2.24) is 9.80 Å². The van der Waals surface area contributed by atoms with Gasteiger partial charge in [0.15, 0.2) is 0 Å². The van der Waals surface area contributed by atoms with Gasteiger partial charge in [0, 0.05) is 69.5 Å². The Morgan fingerprint density at radius 2 is 1.64 bits per heavy atom. The highest BCUT2D eigenvalue weighted by molar-refractivity contribution is 5.97. The molecule has 33 heavy (non-hydrogen) atoms. The number of likely N-dealkylation sites (tertiary alicyclic amines) is 1. The van der Waals surface area contributed by atoms with Gasteiger partial charge in [0.1, 0.15) is 5.82 Å². The van der Waals surface area contributed by atoms with Crippen LogP contribution in [0.15, 0.2) is 48.5 Å². The lowest BCUT2D eigenvalue weighted by molar-refractivity contribution is -0.117. The van der Waals surface area contributed by atoms with Gasteiger partial charge in [-0.05, 0) is 55.7 Å². The molecule has 0 aliphatic carbocycles. The molecule has 2 aromatic carbocycles. The Balaban J connectivity index is 1.18.